The minimum Gasteiger partial charge on any atom is -0.350 e. The molecular weight excluding hydrogens is 366 g/mol. The number of carbonyl (C=O) groups excluding carboxylic acids is 1. The molecule has 4 rings (SSSR count). The van der Waals surface area contributed by atoms with E-state index < -0.39 is 6.43 Å². The zero-order valence-corrected chi connectivity index (χ0v) is 15.8. The van der Waals surface area contributed by atoms with Crippen molar-refractivity contribution >= 4 is 16.9 Å². The van der Waals surface area contributed by atoms with E-state index >= 15 is 0 Å². The summed E-state index contributed by atoms with van der Waals surface area (Å²) in [5.74, 6) is -0.0274. The standard InChI is InChI=1S/C19H22F2N6O/c1-3-26-9-12(8-23-26)7-22-16(28)10-27-19-17(11(2)25-27)14(18(20)21)6-15(24-19)13-4-5-13/h6,8-9,13,18H,3-5,7,10H2,1-2H3,(H,22,28). The number of amides is 1. The molecule has 0 unspecified atom stereocenters. The highest BCUT2D eigenvalue weighted by molar-refractivity contribution is 5.85. The maximum Gasteiger partial charge on any atom is 0.264 e. The summed E-state index contributed by atoms with van der Waals surface area (Å²) in [6.07, 6.45) is 2.88. The second-order valence-corrected chi connectivity index (χ2v) is 7.13. The molecule has 0 aliphatic heterocycles. The summed E-state index contributed by atoms with van der Waals surface area (Å²) in [7, 11) is 0. The molecule has 1 aliphatic carbocycles. The van der Waals surface area contributed by atoms with Crippen LogP contribution in [0.4, 0.5) is 8.78 Å². The van der Waals surface area contributed by atoms with Gasteiger partial charge in [0.05, 0.1) is 17.3 Å². The van der Waals surface area contributed by atoms with Crippen molar-refractivity contribution in [3.05, 3.63) is 41.0 Å². The summed E-state index contributed by atoms with van der Waals surface area (Å²) in [6, 6.07) is 1.50. The second kappa shape index (κ2) is 7.29. The fourth-order valence-electron chi connectivity index (χ4n) is 3.34. The molecule has 0 bridgehead atoms. The maximum atomic E-state index is 13.6. The van der Waals surface area contributed by atoms with Gasteiger partial charge in [-0.15, -0.1) is 0 Å². The maximum absolute atomic E-state index is 13.6. The molecule has 0 atom stereocenters. The molecule has 9 heteroatoms. The SMILES string of the molecule is CCn1cc(CNC(=O)Cn2nc(C)c3c(C(F)F)cc(C4CC4)nc32)cn1. The molecule has 3 heterocycles. The van der Waals surface area contributed by atoms with Crippen LogP contribution in [0.2, 0.25) is 0 Å². The van der Waals surface area contributed by atoms with Crippen LogP contribution in [-0.2, 0) is 24.4 Å². The molecule has 1 N–H and O–H groups in total. The third kappa shape index (κ3) is 3.61. The van der Waals surface area contributed by atoms with Gasteiger partial charge in [-0.3, -0.25) is 9.48 Å². The number of nitrogens with zero attached hydrogens (tertiary/aromatic N) is 5. The lowest BCUT2D eigenvalue weighted by Crippen LogP contribution is -2.27. The third-order valence-corrected chi connectivity index (χ3v) is 4.95. The van der Waals surface area contributed by atoms with Crippen LogP contribution >= 0.6 is 0 Å². The van der Waals surface area contributed by atoms with Gasteiger partial charge in [0.2, 0.25) is 5.91 Å². The Morgan fingerprint density at radius 1 is 1.39 bits per heavy atom. The summed E-state index contributed by atoms with van der Waals surface area (Å²) >= 11 is 0. The Kier molecular flexibility index (Phi) is 4.82. The van der Waals surface area contributed by atoms with Crippen LogP contribution in [0, 0.1) is 6.92 Å². The van der Waals surface area contributed by atoms with E-state index in [4.69, 9.17) is 0 Å². The van der Waals surface area contributed by atoms with Crippen LogP contribution in [0.5, 0.6) is 0 Å². The summed E-state index contributed by atoms with van der Waals surface area (Å²) in [4.78, 5) is 17.0. The summed E-state index contributed by atoms with van der Waals surface area (Å²) in [6.45, 7) is 4.68. The van der Waals surface area contributed by atoms with Gasteiger partial charge in [-0.05, 0) is 32.8 Å². The summed E-state index contributed by atoms with van der Waals surface area (Å²) < 4.78 is 30.4. The van der Waals surface area contributed by atoms with E-state index in [1.54, 1.807) is 17.8 Å². The number of aryl methyl sites for hydroxylation is 2. The minimum atomic E-state index is -2.61. The number of nitrogens with one attached hydrogen (secondary N) is 1. The highest BCUT2D eigenvalue weighted by Crippen LogP contribution is 2.41. The van der Waals surface area contributed by atoms with Crippen molar-refractivity contribution in [1.82, 2.24) is 29.9 Å². The van der Waals surface area contributed by atoms with Crippen molar-refractivity contribution in [2.45, 2.75) is 58.7 Å². The van der Waals surface area contributed by atoms with Gasteiger partial charge in [0.25, 0.3) is 6.43 Å². The van der Waals surface area contributed by atoms with Crippen molar-refractivity contribution in [2.75, 3.05) is 0 Å². The highest BCUT2D eigenvalue weighted by Gasteiger charge is 2.29. The number of hydrogen-bond donors (Lipinski definition) is 1. The molecule has 0 saturated heterocycles. The lowest BCUT2D eigenvalue weighted by Gasteiger charge is -2.08. The van der Waals surface area contributed by atoms with Crippen LogP contribution in [0.3, 0.4) is 0 Å². The first-order chi connectivity index (χ1) is 13.5. The largest absolute Gasteiger partial charge is 0.350 e. The van der Waals surface area contributed by atoms with Crippen LogP contribution < -0.4 is 5.32 Å². The number of hydrogen-bond acceptors (Lipinski definition) is 4. The molecule has 0 spiro atoms. The molecule has 3 aromatic rings. The van der Waals surface area contributed by atoms with Crippen molar-refractivity contribution in [2.24, 2.45) is 0 Å². The van der Waals surface area contributed by atoms with Gasteiger partial charge in [0.1, 0.15) is 6.54 Å². The monoisotopic (exact) mass is 388 g/mol. The topological polar surface area (TPSA) is 77.6 Å². The molecule has 148 valence electrons. The number of pyridine rings is 1. The Hall–Kier alpha value is -2.84. The fourth-order valence-corrected chi connectivity index (χ4v) is 3.34. The zero-order chi connectivity index (χ0) is 19.8. The number of rotatable bonds is 7. The van der Waals surface area contributed by atoms with Crippen molar-refractivity contribution in [3.63, 3.8) is 0 Å². The van der Waals surface area contributed by atoms with Gasteiger partial charge in [-0.2, -0.15) is 10.2 Å². The van der Waals surface area contributed by atoms with Gasteiger partial charge in [0, 0.05) is 42.0 Å². The van der Waals surface area contributed by atoms with E-state index in [2.05, 4.69) is 20.5 Å². The first kappa shape index (κ1) is 18.5. The van der Waals surface area contributed by atoms with Crippen molar-refractivity contribution in [3.8, 4) is 0 Å². The Labute approximate surface area is 160 Å². The van der Waals surface area contributed by atoms with Crippen LogP contribution in [-0.4, -0.2) is 30.5 Å². The Morgan fingerprint density at radius 3 is 2.82 bits per heavy atom. The lowest BCUT2D eigenvalue weighted by atomic mass is 10.1. The first-order valence-electron chi connectivity index (χ1n) is 9.40. The number of alkyl halides is 2. The molecule has 0 radical (unpaired) electrons. The minimum absolute atomic E-state index is 0.0527. The molecule has 1 amide bonds. The average molecular weight is 388 g/mol. The Bertz CT molecular complexity index is 1020. The molecule has 1 aliphatic rings. The molecule has 1 fully saturated rings. The molecular formula is C19H22F2N6O. The zero-order valence-electron chi connectivity index (χ0n) is 15.8. The quantitative estimate of drug-likeness (QED) is 0.675. The molecule has 3 aromatic heterocycles. The van der Waals surface area contributed by atoms with Gasteiger partial charge < -0.3 is 5.32 Å². The number of fused-ring (bicyclic) bond motifs is 1. The fraction of sp³-hybridized carbons (Fsp3) is 0.474. The number of carbonyl (C=O) groups is 1. The molecule has 28 heavy (non-hydrogen) atoms. The molecule has 1 saturated carbocycles. The average Bonchev–Trinajstić information content (AvgIpc) is 3.34. The highest BCUT2D eigenvalue weighted by atomic mass is 19.3. The smallest absolute Gasteiger partial charge is 0.264 e. The summed E-state index contributed by atoms with van der Waals surface area (Å²) in [5, 5.41) is 11.6. The predicted octanol–water partition coefficient (Wildman–Crippen LogP) is 3.09. The number of halogens is 2. The van der Waals surface area contributed by atoms with Crippen LogP contribution in [0.25, 0.3) is 11.0 Å². The van der Waals surface area contributed by atoms with E-state index in [9.17, 15) is 13.6 Å². The predicted molar refractivity (Wildman–Crippen MR) is 98.9 cm³/mol. The Balaban J connectivity index is 1.56. The van der Waals surface area contributed by atoms with E-state index in [0.29, 0.717) is 29.0 Å². The molecule has 7 nitrogen and oxygen atoms in total. The molecule has 0 aromatic carbocycles. The van der Waals surface area contributed by atoms with E-state index in [0.717, 1.165) is 24.9 Å². The van der Waals surface area contributed by atoms with Gasteiger partial charge in [-0.1, -0.05) is 0 Å². The van der Waals surface area contributed by atoms with Gasteiger partial charge in [0.15, 0.2) is 5.65 Å². The van der Waals surface area contributed by atoms with Crippen LogP contribution in [0.15, 0.2) is 18.5 Å². The van der Waals surface area contributed by atoms with Gasteiger partial charge >= 0.3 is 0 Å². The first-order valence-corrected chi connectivity index (χ1v) is 9.40. The van der Waals surface area contributed by atoms with E-state index in [1.807, 2.05) is 13.1 Å². The van der Waals surface area contributed by atoms with Gasteiger partial charge in [-0.25, -0.2) is 18.4 Å². The van der Waals surface area contributed by atoms with E-state index in [-0.39, 0.29) is 23.9 Å². The third-order valence-electron chi connectivity index (χ3n) is 4.95. The Morgan fingerprint density at radius 2 is 2.18 bits per heavy atom. The van der Waals surface area contributed by atoms with E-state index in [1.165, 1.54) is 10.7 Å². The normalized spacial score (nSPS) is 14.2. The van der Waals surface area contributed by atoms with Crippen molar-refractivity contribution in [1.29, 1.82) is 0 Å². The summed E-state index contributed by atoms with van der Waals surface area (Å²) in [5.41, 5.74) is 2.31. The lowest BCUT2D eigenvalue weighted by molar-refractivity contribution is -0.121. The second-order valence-electron chi connectivity index (χ2n) is 7.13. The number of aromatic nitrogens is 5. The van der Waals surface area contributed by atoms with Crippen LogP contribution in [0.1, 0.15) is 54.6 Å². The van der Waals surface area contributed by atoms with Crippen molar-refractivity contribution < 1.29 is 13.6 Å².